The van der Waals surface area contributed by atoms with Crippen LogP contribution in [0.15, 0.2) is 35.1 Å². The van der Waals surface area contributed by atoms with Crippen LogP contribution in [0.5, 0.6) is 0 Å². The lowest BCUT2D eigenvalue weighted by Crippen LogP contribution is -2.11. The van der Waals surface area contributed by atoms with Crippen LogP contribution in [-0.2, 0) is 6.42 Å². The predicted molar refractivity (Wildman–Crippen MR) is 114 cm³/mol. The van der Waals surface area contributed by atoms with Crippen LogP contribution >= 0.6 is 11.3 Å². The lowest BCUT2D eigenvalue weighted by atomic mass is 10.0. The summed E-state index contributed by atoms with van der Waals surface area (Å²) in [5.74, 6) is 0. The Hall–Kier alpha value is -1.94. The van der Waals surface area contributed by atoms with Gasteiger partial charge in [0.15, 0.2) is 5.43 Å². The first kappa shape index (κ1) is 18.8. The van der Waals surface area contributed by atoms with E-state index < -0.39 is 0 Å². The first-order valence-corrected chi connectivity index (χ1v) is 10.4. The molecule has 3 rings (SSSR count). The fourth-order valence-electron chi connectivity index (χ4n) is 3.40. The van der Waals surface area contributed by atoms with Crippen molar-refractivity contribution in [1.82, 2.24) is 4.98 Å². The van der Waals surface area contributed by atoms with E-state index in [9.17, 15) is 4.79 Å². The molecule has 2 aliphatic rings. The minimum absolute atomic E-state index is 0.0439. The molecule has 0 aromatic heterocycles. The summed E-state index contributed by atoms with van der Waals surface area (Å²) in [4.78, 5) is 19.6. The molecule has 0 spiro atoms. The molecule has 1 aromatic rings. The Bertz CT molecular complexity index is 900. The number of nitrogens with zero attached hydrogens (tertiary/aromatic N) is 2. The number of aromatic nitrogens is 1. The van der Waals surface area contributed by atoms with Crippen molar-refractivity contribution in [2.45, 2.75) is 51.9 Å². The molecule has 0 bridgehead atoms. The monoisotopic (exact) mass is 368 g/mol. The molecule has 1 aliphatic carbocycles. The molecule has 1 heterocycles. The van der Waals surface area contributed by atoms with E-state index in [1.54, 1.807) is 23.5 Å². The molecule has 0 fully saturated rings. The molecule has 1 aromatic carbocycles. The number of anilines is 1. The van der Waals surface area contributed by atoms with E-state index in [-0.39, 0.29) is 5.43 Å². The molecule has 0 atom stereocenters. The highest BCUT2D eigenvalue weighted by Gasteiger charge is 2.12. The highest BCUT2D eigenvalue weighted by Crippen LogP contribution is 2.34. The van der Waals surface area contributed by atoms with Gasteiger partial charge in [0.2, 0.25) is 0 Å². The molecule has 4 heteroatoms. The van der Waals surface area contributed by atoms with E-state index in [4.69, 9.17) is 4.98 Å². The Labute approximate surface area is 160 Å². The van der Waals surface area contributed by atoms with Gasteiger partial charge >= 0.3 is 0 Å². The molecular formula is C22H28N2OS. The molecule has 3 nitrogen and oxygen atoms in total. The van der Waals surface area contributed by atoms with Crippen molar-refractivity contribution < 1.29 is 0 Å². The smallest absolute Gasteiger partial charge is 0.180 e. The highest BCUT2D eigenvalue weighted by molar-refractivity contribution is 7.21. The van der Waals surface area contributed by atoms with Crippen molar-refractivity contribution >= 4 is 27.2 Å². The van der Waals surface area contributed by atoms with Crippen LogP contribution in [0.2, 0.25) is 0 Å². The zero-order chi connectivity index (χ0) is 18.5. The topological polar surface area (TPSA) is 33.2 Å². The highest BCUT2D eigenvalue weighted by atomic mass is 32.1. The third-order valence-electron chi connectivity index (χ3n) is 4.83. The van der Waals surface area contributed by atoms with Crippen LogP contribution < -0.4 is 10.3 Å². The van der Waals surface area contributed by atoms with Crippen molar-refractivity contribution in [3.8, 4) is 10.6 Å². The minimum atomic E-state index is 0.0439. The van der Waals surface area contributed by atoms with Crippen LogP contribution in [0.3, 0.4) is 0 Å². The van der Waals surface area contributed by atoms with Crippen LogP contribution in [0.25, 0.3) is 20.8 Å². The third-order valence-corrected chi connectivity index (χ3v) is 5.93. The van der Waals surface area contributed by atoms with Crippen molar-refractivity contribution in [3.05, 3.63) is 46.1 Å². The quantitative estimate of drug-likeness (QED) is 0.376. The van der Waals surface area contributed by atoms with Gasteiger partial charge in [-0.2, -0.15) is 0 Å². The Balaban J connectivity index is 1.88. The van der Waals surface area contributed by atoms with Gasteiger partial charge < -0.3 is 4.90 Å². The normalized spacial score (nSPS) is 11.3. The molecule has 138 valence electrons. The van der Waals surface area contributed by atoms with Gasteiger partial charge in [0.25, 0.3) is 0 Å². The Kier molecular flexibility index (Phi) is 6.25. The van der Waals surface area contributed by atoms with E-state index in [1.165, 1.54) is 49.8 Å². The average molecular weight is 369 g/mol. The summed E-state index contributed by atoms with van der Waals surface area (Å²) >= 11 is 1.65. The number of hydrogen-bond acceptors (Lipinski definition) is 4. The van der Waals surface area contributed by atoms with Crippen molar-refractivity contribution in [1.29, 1.82) is 0 Å². The van der Waals surface area contributed by atoms with Crippen LogP contribution in [0.1, 0.15) is 51.0 Å². The van der Waals surface area contributed by atoms with Gasteiger partial charge in [0.05, 0.1) is 20.8 Å². The first-order valence-electron chi connectivity index (χ1n) is 9.63. The second-order valence-corrected chi connectivity index (χ2v) is 8.29. The predicted octanol–water partition coefficient (Wildman–Crippen LogP) is 5.73. The largest absolute Gasteiger partial charge is 0.377 e. The lowest BCUT2D eigenvalue weighted by molar-refractivity contribution is 0.607. The van der Waals surface area contributed by atoms with Crippen LogP contribution in [-0.4, -0.2) is 19.1 Å². The van der Waals surface area contributed by atoms with E-state index in [1.807, 2.05) is 6.07 Å². The zero-order valence-corrected chi connectivity index (χ0v) is 16.9. The summed E-state index contributed by atoms with van der Waals surface area (Å²) in [6, 6.07) is 9.60. The number of benzene rings is 2. The van der Waals surface area contributed by atoms with E-state index >= 15 is 0 Å². The Morgan fingerprint density at radius 1 is 1.00 bits per heavy atom. The number of fused-ring (bicyclic) bond motifs is 2. The summed E-state index contributed by atoms with van der Waals surface area (Å²) in [5.41, 5.74) is 4.62. The summed E-state index contributed by atoms with van der Waals surface area (Å²) in [7, 11) is 4.20. The van der Waals surface area contributed by atoms with Gasteiger partial charge in [0.1, 0.15) is 0 Å². The lowest BCUT2D eigenvalue weighted by Gasteiger charge is -2.19. The molecule has 0 saturated carbocycles. The SMILES string of the molecule is CCCCCCCCc1cc2nc3ccc(=O)cc-3sc2cc1N(C)C. The van der Waals surface area contributed by atoms with E-state index in [0.29, 0.717) is 0 Å². The van der Waals surface area contributed by atoms with Gasteiger partial charge in [-0.15, -0.1) is 11.3 Å². The zero-order valence-electron chi connectivity index (χ0n) is 16.0. The maximum Gasteiger partial charge on any atom is 0.180 e. The summed E-state index contributed by atoms with van der Waals surface area (Å²) in [6.07, 6.45) is 8.95. The molecule has 0 N–H and O–H groups in total. The average Bonchev–Trinajstić information content (AvgIpc) is 2.62. The fraction of sp³-hybridized carbons (Fsp3) is 0.455. The molecule has 26 heavy (non-hydrogen) atoms. The van der Waals surface area contributed by atoms with Crippen molar-refractivity contribution in [2.75, 3.05) is 19.0 Å². The van der Waals surface area contributed by atoms with Gasteiger partial charge in [-0.3, -0.25) is 4.79 Å². The second-order valence-electron chi connectivity index (χ2n) is 7.20. The molecule has 1 aliphatic heterocycles. The maximum absolute atomic E-state index is 11.6. The van der Waals surface area contributed by atoms with Crippen LogP contribution in [0, 0.1) is 0 Å². The van der Waals surface area contributed by atoms with Gasteiger partial charge in [-0.1, -0.05) is 39.0 Å². The maximum atomic E-state index is 11.6. The molecule has 0 radical (unpaired) electrons. The van der Waals surface area contributed by atoms with Gasteiger partial charge in [-0.05, 0) is 42.7 Å². The fourth-order valence-corrected chi connectivity index (χ4v) is 4.41. The Morgan fingerprint density at radius 2 is 1.77 bits per heavy atom. The number of hydrogen-bond donors (Lipinski definition) is 0. The molecule has 0 unspecified atom stereocenters. The third kappa shape index (κ3) is 4.42. The van der Waals surface area contributed by atoms with Crippen LogP contribution in [0.4, 0.5) is 5.69 Å². The van der Waals surface area contributed by atoms with E-state index in [2.05, 4.69) is 38.1 Å². The van der Waals surface area contributed by atoms with Gasteiger partial charge in [0, 0.05) is 25.8 Å². The first-order chi connectivity index (χ1) is 12.6. The molecule has 0 amide bonds. The standard InChI is InChI=1S/C22H28N2OS/c1-4-5-6-7-8-9-10-16-13-19-22(15-20(16)24(2)3)26-21-14-17(25)11-12-18(21)23-19/h11-15H,4-10H2,1-3H3. The van der Waals surface area contributed by atoms with Gasteiger partial charge in [-0.25, -0.2) is 4.98 Å². The summed E-state index contributed by atoms with van der Waals surface area (Å²) in [5, 5.41) is 0. The second kappa shape index (κ2) is 8.63. The Morgan fingerprint density at radius 3 is 2.54 bits per heavy atom. The van der Waals surface area contributed by atoms with Crippen molar-refractivity contribution in [2.24, 2.45) is 0 Å². The van der Waals surface area contributed by atoms with Crippen molar-refractivity contribution in [3.63, 3.8) is 0 Å². The number of aryl methyl sites for hydroxylation is 1. The number of unbranched alkanes of at least 4 members (excludes halogenated alkanes) is 5. The minimum Gasteiger partial charge on any atom is -0.377 e. The van der Waals surface area contributed by atoms with E-state index in [0.717, 1.165) is 27.2 Å². The number of rotatable bonds is 8. The summed E-state index contributed by atoms with van der Waals surface area (Å²) in [6.45, 7) is 2.26. The molecule has 0 saturated heterocycles. The summed E-state index contributed by atoms with van der Waals surface area (Å²) < 4.78 is 1.14. The molecular weight excluding hydrogens is 340 g/mol.